The fraction of sp³-hybridized carbons (Fsp3) is 0.917. The van der Waals surface area contributed by atoms with Gasteiger partial charge >= 0.3 is 0 Å². The van der Waals surface area contributed by atoms with Crippen molar-refractivity contribution in [1.82, 2.24) is 5.32 Å². The molecule has 0 aromatic carbocycles. The van der Waals surface area contributed by atoms with Crippen LogP contribution in [0.25, 0.3) is 0 Å². The van der Waals surface area contributed by atoms with Crippen LogP contribution in [0.5, 0.6) is 0 Å². The van der Waals surface area contributed by atoms with Gasteiger partial charge in [-0.15, -0.1) is 0 Å². The Morgan fingerprint density at radius 2 is 2.12 bits per heavy atom. The third kappa shape index (κ3) is 3.40. The van der Waals surface area contributed by atoms with E-state index in [2.05, 4.69) is 5.32 Å². The molecule has 0 bridgehead atoms. The molecule has 2 fully saturated rings. The molecule has 5 nitrogen and oxygen atoms in total. The number of rotatable bonds is 5. The molecule has 0 radical (unpaired) electrons. The van der Waals surface area contributed by atoms with E-state index in [1.165, 1.54) is 0 Å². The predicted molar refractivity (Wildman–Crippen MR) is 63.3 cm³/mol. The van der Waals surface area contributed by atoms with Crippen LogP contribution in [-0.4, -0.2) is 42.4 Å². The molecule has 2 aliphatic rings. The van der Waals surface area contributed by atoms with Gasteiger partial charge in [0, 0.05) is 5.92 Å². The summed E-state index contributed by atoms with van der Waals surface area (Å²) in [4.78, 5) is 11.7. The maximum Gasteiger partial charge on any atom is 0.223 e. The van der Waals surface area contributed by atoms with Crippen molar-refractivity contribution in [2.24, 2.45) is 11.7 Å². The number of hydrogen-bond acceptors (Lipinski definition) is 4. The van der Waals surface area contributed by atoms with Crippen molar-refractivity contribution in [1.29, 1.82) is 0 Å². The van der Waals surface area contributed by atoms with E-state index in [1.54, 1.807) is 0 Å². The van der Waals surface area contributed by atoms with Crippen molar-refractivity contribution in [2.75, 3.05) is 13.2 Å². The Hall–Kier alpha value is -0.650. The van der Waals surface area contributed by atoms with Crippen molar-refractivity contribution < 1.29 is 14.6 Å². The first-order valence-electron chi connectivity index (χ1n) is 6.51. The molecule has 98 valence electrons. The summed E-state index contributed by atoms with van der Waals surface area (Å²) < 4.78 is 5.74. The number of aliphatic hydroxyl groups is 1. The third-order valence-electron chi connectivity index (χ3n) is 3.56. The van der Waals surface area contributed by atoms with Crippen LogP contribution < -0.4 is 11.1 Å². The molecule has 17 heavy (non-hydrogen) atoms. The highest BCUT2D eigenvalue weighted by atomic mass is 16.5. The first kappa shape index (κ1) is 12.8. The zero-order chi connectivity index (χ0) is 12.3. The summed E-state index contributed by atoms with van der Waals surface area (Å²) in [5, 5.41) is 12.3. The number of ether oxygens (including phenoxy) is 1. The molecule has 1 amide bonds. The standard InChI is InChI=1S/C12H22N2O3/c13-6-5-9-3-4-10(11(7-15)17-9)14-12(16)8-1-2-8/h8-11,15H,1-7,13H2,(H,14,16)/t9-,10-,11-/m1/s1. The fourth-order valence-corrected chi connectivity index (χ4v) is 2.34. The van der Waals surface area contributed by atoms with Gasteiger partial charge in [0.25, 0.3) is 0 Å². The molecule has 1 aliphatic heterocycles. The summed E-state index contributed by atoms with van der Waals surface area (Å²) in [5.74, 6) is 0.324. The molecule has 0 unspecified atom stereocenters. The second-order valence-corrected chi connectivity index (χ2v) is 5.02. The number of amides is 1. The Bertz CT molecular complexity index is 268. The van der Waals surface area contributed by atoms with Crippen molar-refractivity contribution in [3.63, 3.8) is 0 Å². The lowest BCUT2D eigenvalue weighted by Gasteiger charge is -2.36. The van der Waals surface area contributed by atoms with E-state index in [0.717, 1.165) is 32.1 Å². The molecule has 1 aliphatic carbocycles. The quantitative estimate of drug-likeness (QED) is 0.622. The van der Waals surface area contributed by atoms with Crippen molar-refractivity contribution in [3.05, 3.63) is 0 Å². The maximum atomic E-state index is 11.7. The van der Waals surface area contributed by atoms with Crippen LogP contribution in [0.4, 0.5) is 0 Å². The predicted octanol–water partition coefficient (Wildman–Crippen LogP) is -0.230. The highest BCUT2D eigenvalue weighted by Gasteiger charge is 2.35. The van der Waals surface area contributed by atoms with Gasteiger partial charge in [-0.25, -0.2) is 0 Å². The van der Waals surface area contributed by atoms with Gasteiger partial charge in [0.15, 0.2) is 0 Å². The lowest BCUT2D eigenvalue weighted by Crippen LogP contribution is -2.51. The van der Waals surface area contributed by atoms with Crippen LogP contribution in [0.2, 0.25) is 0 Å². The molecule has 1 saturated carbocycles. The van der Waals surface area contributed by atoms with Gasteiger partial charge < -0.3 is 20.9 Å². The zero-order valence-corrected chi connectivity index (χ0v) is 10.1. The highest BCUT2D eigenvalue weighted by Crippen LogP contribution is 2.30. The highest BCUT2D eigenvalue weighted by molar-refractivity contribution is 5.81. The first-order chi connectivity index (χ1) is 8.24. The minimum Gasteiger partial charge on any atom is -0.394 e. The molecule has 1 heterocycles. The molecule has 0 aromatic heterocycles. The van der Waals surface area contributed by atoms with Crippen molar-refractivity contribution in [2.45, 2.75) is 50.4 Å². The lowest BCUT2D eigenvalue weighted by atomic mass is 9.97. The average Bonchev–Trinajstić information content (AvgIpc) is 3.15. The second-order valence-electron chi connectivity index (χ2n) is 5.02. The molecule has 5 heteroatoms. The van der Waals surface area contributed by atoms with E-state index in [4.69, 9.17) is 10.5 Å². The van der Waals surface area contributed by atoms with Crippen molar-refractivity contribution >= 4 is 5.91 Å². The Morgan fingerprint density at radius 1 is 1.35 bits per heavy atom. The molecule has 2 rings (SSSR count). The van der Waals surface area contributed by atoms with Crippen LogP contribution in [0.3, 0.4) is 0 Å². The molecule has 0 aromatic rings. The van der Waals surface area contributed by atoms with Crippen LogP contribution in [-0.2, 0) is 9.53 Å². The van der Waals surface area contributed by atoms with E-state index in [9.17, 15) is 9.90 Å². The monoisotopic (exact) mass is 242 g/mol. The van der Waals surface area contributed by atoms with Crippen LogP contribution in [0.15, 0.2) is 0 Å². The Balaban J connectivity index is 1.82. The van der Waals surface area contributed by atoms with Gasteiger partial charge in [0.1, 0.15) is 6.10 Å². The van der Waals surface area contributed by atoms with Gasteiger partial charge in [0.2, 0.25) is 5.91 Å². The van der Waals surface area contributed by atoms with Gasteiger partial charge in [-0.1, -0.05) is 0 Å². The molecule has 3 atom stereocenters. The molecular weight excluding hydrogens is 220 g/mol. The summed E-state index contributed by atoms with van der Waals surface area (Å²) in [6.07, 6.45) is 4.45. The van der Waals surface area contributed by atoms with E-state index in [0.29, 0.717) is 6.54 Å². The smallest absolute Gasteiger partial charge is 0.223 e. The number of carbonyl (C=O) groups excluding carboxylic acids is 1. The Labute approximate surface area is 102 Å². The molecule has 0 spiro atoms. The number of nitrogens with one attached hydrogen (secondary N) is 1. The lowest BCUT2D eigenvalue weighted by molar-refractivity contribution is -0.129. The summed E-state index contributed by atoms with van der Waals surface area (Å²) in [5.41, 5.74) is 5.50. The fourth-order valence-electron chi connectivity index (χ4n) is 2.34. The average molecular weight is 242 g/mol. The second kappa shape index (κ2) is 5.80. The molecular formula is C12H22N2O3. The SMILES string of the molecule is NCC[C@H]1CC[C@@H](NC(=O)C2CC2)[C@@H](CO)O1. The number of aliphatic hydroxyl groups excluding tert-OH is 1. The minimum absolute atomic E-state index is 0.0397. The third-order valence-corrected chi connectivity index (χ3v) is 3.56. The summed E-state index contributed by atoms with van der Waals surface area (Å²) >= 11 is 0. The van der Waals surface area contributed by atoms with E-state index in [-0.39, 0.29) is 36.7 Å². The largest absolute Gasteiger partial charge is 0.394 e. The summed E-state index contributed by atoms with van der Waals surface area (Å²) in [6, 6.07) is -0.0397. The first-order valence-corrected chi connectivity index (χ1v) is 6.51. The van der Waals surface area contributed by atoms with E-state index >= 15 is 0 Å². The molecule has 4 N–H and O–H groups in total. The van der Waals surface area contributed by atoms with E-state index in [1.807, 2.05) is 0 Å². The normalized spacial score (nSPS) is 33.4. The Morgan fingerprint density at radius 3 is 2.71 bits per heavy atom. The van der Waals surface area contributed by atoms with Crippen LogP contribution in [0.1, 0.15) is 32.1 Å². The van der Waals surface area contributed by atoms with Crippen molar-refractivity contribution in [3.8, 4) is 0 Å². The van der Waals surface area contributed by atoms with Gasteiger partial charge in [-0.05, 0) is 38.6 Å². The number of nitrogens with two attached hydrogens (primary N) is 1. The summed E-state index contributed by atoms with van der Waals surface area (Å²) in [7, 11) is 0. The number of carbonyl (C=O) groups is 1. The topological polar surface area (TPSA) is 84.6 Å². The molecule has 1 saturated heterocycles. The van der Waals surface area contributed by atoms with E-state index < -0.39 is 0 Å². The van der Waals surface area contributed by atoms with Gasteiger partial charge in [-0.3, -0.25) is 4.79 Å². The van der Waals surface area contributed by atoms with Crippen LogP contribution >= 0.6 is 0 Å². The Kier molecular flexibility index (Phi) is 4.36. The maximum absolute atomic E-state index is 11.7. The zero-order valence-electron chi connectivity index (χ0n) is 10.1. The van der Waals surface area contributed by atoms with Gasteiger partial charge in [-0.2, -0.15) is 0 Å². The van der Waals surface area contributed by atoms with Gasteiger partial charge in [0.05, 0.1) is 18.8 Å². The minimum atomic E-state index is -0.275. The number of hydrogen-bond donors (Lipinski definition) is 3. The summed E-state index contributed by atoms with van der Waals surface area (Å²) in [6.45, 7) is 0.554. The van der Waals surface area contributed by atoms with Crippen LogP contribution in [0, 0.1) is 5.92 Å².